The van der Waals surface area contributed by atoms with E-state index in [0.29, 0.717) is 12.1 Å². The molecule has 0 spiro atoms. The molecule has 1 aliphatic rings. The molecule has 0 amide bonds. The number of rotatable bonds is 5. The van der Waals surface area contributed by atoms with Crippen LogP contribution in [-0.2, 0) is 0 Å². The van der Waals surface area contributed by atoms with Crippen LogP contribution in [0.5, 0.6) is 6.01 Å². The van der Waals surface area contributed by atoms with Crippen LogP contribution in [0.3, 0.4) is 0 Å². The predicted molar refractivity (Wildman–Crippen MR) is 67.0 cm³/mol. The highest BCUT2D eigenvalue weighted by Gasteiger charge is 2.20. The summed E-state index contributed by atoms with van der Waals surface area (Å²) in [5.41, 5.74) is 1.15. The Morgan fingerprint density at radius 2 is 2.00 bits per heavy atom. The van der Waals surface area contributed by atoms with Gasteiger partial charge < -0.3 is 10.1 Å². The molecule has 4 nitrogen and oxygen atoms in total. The number of hydrogen-bond donors (Lipinski definition) is 1. The molecule has 2 rings (SSSR count). The summed E-state index contributed by atoms with van der Waals surface area (Å²) in [6.07, 6.45) is 10.4. The van der Waals surface area contributed by atoms with Crippen molar-refractivity contribution in [2.75, 3.05) is 14.2 Å². The van der Waals surface area contributed by atoms with Gasteiger partial charge in [-0.3, -0.25) is 0 Å². The zero-order valence-electron chi connectivity index (χ0n) is 10.6. The first kappa shape index (κ1) is 12.3. The molecule has 0 aliphatic heterocycles. The van der Waals surface area contributed by atoms with E-state index in [-0.39, 0.29) is 0 Å². The normalized spacial score (nSPS) is 18.2. The Morgan fingerprint density at radius 3 is 2.53 bits per heavy atom. The average molecular weight is 235 g/mol. The number of ether oxygens (including phenoxy) is 1. The SMILES string of the molecule is CNC(CC1CCCC1)c1cnc(OC)nc1. The van der Waals surface area contributed by atoms with Crippen molar-refractivity contribution in [3.63, 3.8) is 0 Å². The third-order valence-electron chi connectivity index (χ3n) is 3.63. The molecule has 1 aromatic rings. The van der Waals surface area contributed by atoms with Crippen molar-refractivity contribution < 1.29 is 4.74 Å². The molecule has 1 fully saturated rings. The number of hydrogen-bond acceptors (Lipinski definition) is 4. The first-order valence-corrected chi connectivity index (χ1v) is 6.36. The molecule has 0 saturated heterocycles. The van der Waals surface area contributed by atoms with E-state index in [9.17, 15) is 0 Å². The van der Waals surface area contributed by atoms with Gasteiger partial charge in [-0.15, -0.1) is 0 Å². The molecule has 1 saturated carbocycles. The van der Waals surface area contributed by atoms with Gasteiger partial charge in [0.2, 0.25) is 0 Å². The van der Waals surface area contributed by atoms with Gasteiger partial charge in [0.05, 0.1) is 7.11 Å². The third-order valence-corrected chi connectivity index (χ3v) is 3.63. The Kier molecular flexibility index (Phi) is 4.31. The minimum atomic E-state index is 0.365. The van der Waals surface area contributed by atoms with Crippen LogP contribution in [0.4, 0.5) is 0 Å². The molecule has 1 aromatic heterocycles. The second kappa shape index (κ2) is 5.96. The monoisotopic (exact) mass is 235 g/mol. The fraction of sp³-hybridized carbons (Fsp3) is 0.692. The number of aromatic nitrogens is 2. The van der Waals surface area contributed by atoms with Crippen LogP contribution in [0.1, 0.15) is 43.7 Å². The molecule has 17 heavy (non-hydrogen) atoms. The van der Waals surface area contributed by atoms with Crippen molar-refractivity contribution in [2.24, 2.45) is 5.92 Å². The Labute approximate surface area is 103 Å². The van der Waals surface area contributed by atoms with E-state index >= 15 is 0 Å². The second-order valence-corrected chi connectivity index (χ2v) is 4.73. The largest absolute Gasteiger partial charge is 0.467 e. The highest BCUT2D eigenvalue weighted by atomic mass is 16.5. The van der Waals surface area contributed by atoms with E-state index in [1.54, 1.807) is 7.11 Å². The zero-order valence-corrected chi connectivity index (χ0v) is 10.6. The molecule has 0 bridgehead atoms. The summed E-state index contributed by atoms with van der Waals surface area (Å²) in [6, 6.07) is 0.800. The van der Waals surface area contributed by atoms with Crippen molar-refractivity contribution >= 4 is 0 Å². The lowest BCUT2D eigenvalue weighted by atomic mass is 9.95. The van der Waals surface area contributed by atoms with Crippen LogP contribution in [-0.4, -0.2) is 24.1 Å². The highest BCUT2D eigenvalue weighted by Crippen LogP contribution is 2.32. The first-order valence-electron chi connectivity index (χ1n) is 6.36. The van der Waals surface area contributed by atoms with Gasteiger partial charge in [-0.1, -0.05) is 25.7 Å². The molecule has 1 unspecified atom stereocenters. The average Bonchev–Trinajstić information content (AvgIpc) is 2.89. The molecule has 1 atom stereocenters. The maximum atomic E-state index is 4.97. The Bertz CT molecular complexity index is 333. The fourth-order valence-corrected chi connectivity index (χ4v) is 2.61. The molecular weight excluding hydrogens is 214 g/mol. The summed E-state index contributed by atoms with van der Waals surface area (Å²) in [5.74, 6) is 0.856. The van der Waals surface area contributed by atoms with Crippen LogP contribution < -0.4 is 10.1 Å². The lowest BCUT2D eigenvalue weighted by Gasteiger charge is -2.19. The third kappa shape index (κ3) is 3.16. The molecule has 1 aliphatic carbocycles. The Balaban J connectivity index is 2.00. The predicted octanol–water partition coefficient (Wildman–Crippen LogP) is 2.33. The van der Waals surface area contributed by atoms with E-state index in [4.69, 9.17) is 4.74 Å². The van der Waals surface area contributed by atoms with Gasteiger partial charge in [0.25, 0.3) is 0 Å². The maximum absolute atomic E-state index is 4.97. The molecule has 4 heteroatoms. The van der Waals surface area contributed by atoms with Gasteiger partial charge in [0.15, 0.2) is 0 Å². The summed E-state index contributed by atoms with van der Waals surface area (Å²) < 4.78 is 4.97. The molecular formula is C13H21N3O. The lowest BCUT2D eigenvalue weighted by molar-refractivity contribution is 0.375. The van der Waals surface area contributed by atoms with Crippen molar-refractivity contribution in [1.82, 2.24) is 15.3 Å². The molecule has 0 radical (unpaired) electrons. The van der Waals surface area contributed by atoms with Crippen LogP contribution >= 0.6 is 0 Å². The van der Waals surface area contributed by atoms with Crippen LogP contribution in [0.2, 0.25) is 0 Å². The number of nitrogens with one attached hydrogen (secondary N) is 1. The summed E-state index contributed by atoms with van der Waals surface area (Å²) in [4.78, 5) is 8.33. The second-order valence-electron chi connectivity index (χ2n) is 4.73. The molecule has 1 N–H and O–H groups in total. The van der Waals surface area contributed by atoms with E-state index in [0.717, 1.165) is 11.5 Å². The van der Waals surface area contributed by atoms with E-state index in [2.05, 4.69) is 15.3 Å². The van der Waals surface area contributed by atoms with Crippen molar-refractivity contribution in [3.05, 3.63) is 18.0 Å². The summed E-state index contributed by atoms with van der Waals surface area (Å²) in [7, 11) is 3.59. The smallest absolute Gasteiger partial charge is 0.316 e. The van der Waals surface area contributed by atoms with Crippen LogP contribution in [0, 0.1) is 5.92 Å². The minimum absolute atomic E-state index is 0.365. The van der Waals surface area contributed by atoms with E-state index < -0.39 is 0 Å². The van der Waals surface area contributed by atoms with Gasteiger partial charge in [0.1, 0.15) is 0 Å². The highest BCUT2D eigenvalue weighted by molar-refractivity contribution is 5.12. The first-order chi connectivity index (χ1) is 8.33. The topological polar surface area (TPSA) is 47.0 Å². The maximum Gasteiger partial charge on any atom is 0.316 e. The molecule has 0 aromatic carbocycles. The zero-order chi connectivity index (χ0) is 12.1. The summed E-state index contributed by atoms with van der Waals surface area (Å²) in [6.45, 7) is 0. The quantitative estimate of drug-likeness (QED) is 0.851. The van der Waals surface area contributed by atoms with Gasteiger partial charge in [-0.25, -0.2) is 9.97 Å². The minimum Gasteiger partial charge on any atom is -0.467 e. The van der Waals surface area contributed by atoms with Crippen LogP contribution in [0.25, 0.3) is 0 Å². The van der Waals surface area contributed by atoms with Gasteiger partial charge in [-0.2, -0.15) is 0 Å². The Morgan fingerprint density at radius 1 is 1.35 bits per heavy atom. The molecule has 94 valence electrons. The number of nitrogens with zero attached hydrogens (tertiary/aromatic N) is 2. The summed E-state index contributed by atoms with van der Waals surface area (Å²) in [5, 5.41) is 3.36. The van der Waals surface area contributed by atoms with Crippen molar-refractivity contribution in [2.45, 2.75) is 38.1 Å². The van der Waals surface area contributed by atoms with Crippen molar-refractivity contribution in [3.8, 4) is 6.01 Å². The molecule has 1 heterocycles. The van der Waals surface area contributed by atoms with E-state index in [1.165, 1.54) is 32.1 Å². The Hall–Kier alpha value is -1.16. The number of methoxy groups -OCH3 is 1. The van der Waals surface area contributed by atoms with Gasteiger partial charge in [0, 0.05) is 24.0 Å². The lowest BCUT2D eigenvalue weighted by Crippen LogP contribution is -2.19. The fourth-order valence-electron chi connectivity index (χ4n) is 2.61. The van der Waals surface area contributed by atoms with Crippen molar-refractivity contribution in [1.29, 1.82) is 0 Å². The summed E-state index contributed by atoms with van der Waals surface area (Å²) >= 11 is 0. The van der Waals surface area contributed by atoms with Gasteiger partial charge in [-0.05, 0) is 19.4 Å². The standard InChI is InChI=1S/C13H21N3O/c1-14-12(7-10-5-3-4-6-10)11-8-15-13(17-2)16-9-11/h8-10,12,14H,3-7H2,1-2H3. The van der Waals surface area contributed by atoms with E-state index in [1.807, 2.05) is 19.4 Å². The van der Waals surface area contributed by atoms with Gasteiger partial charge >= 0.3 is 6.01 Å². The van der Waals surface area contributed by atoms with Crippen LogP contribution in [0.15, 0.2) is 12.4 Å².